The Balaban J connectivity index is 1.10. The number of hydrogen-bond acceptors (Lipinski definition) is 3. The van der Waals surface area contributed by atoms with E-state index in [1.165, 1.54) is 53.1 Å². The summed E-state index contributed by atoms with van der Waals surface area (Å²) in [5.41, 5.74) is 12.2. The van der Waals surface area contributed by atoms with Crippen LogP contribution in [0.15, 0.2) is 188 Å². The third-order valence-corrected chi connectivity index (χ3v) is 11.8. The van der Waals surface area contributed by atoms with Gasteiger partial charge in [0.05, 0.1) is 26.9 Å². The van der Waals surface area contributed by atoms with Gasteiger partial charge in [0, 0.05) is 48.4 Å². The van der Waals surface area contributed by atoms with Crippen LogP contribution < -0.4 is 0 Å². The topological polar surface area (TPSA) is 30.7 Å². The van der Waals surface area contributed by atoms with Crippen LogP contribution in [0.4, 0.5) is 0 Å². The van der Waals surface area contributed by atoms with Crippen molar-refractivity contribution < 1.29 is 0 Å². The average molecular weight is 706 g/mol. The van der Waals surface area contributed by atoms with E-state index in [2.05, 4.69) is 193 Å². The molecule has 54 heavy (non-hydrogen) atoms. The van der Waals surface area contributed by atoms with Crippen molar-refractivity contribution in [3.63, 3.8) is 0 Å². The van der Waals surface area contributed by atoms with Gasteiger partial charge in [-0.1, -0.05) is 133 Å². The van der Waals surface area contributed by atoms with Gasteiger partial charge in [-0.25, -0.2) is 9.97 Å². The predicted octanol–water partition coefficient (Wildman–Crippen LogP) is 13.8. The molecule has 0 amide bonds. The van der Waals surface area contributed by atoms with Crippen molar-refractivity contribution >= 4 is 64.2 Å². The lowest BCUT2D eigenvalue weighted by Crippen LogP contribution is -1.96. The highest BCUT2D eigenvalue weighted by molar-refractivity contribution is 7.26. The molecular formula is C50H31N3S. The highest BCUT2D eigenvalue weighted by Crippen LogP contribution is 2.41. The predicted molar refractivity (Wildman–Crippen MR) is 229 cm³/mol. The molecule has 11 rings (SSSR count). The molecule has 3 heterocycles. The Bertz CT molecular complexity index is 3200. The van der Waals surface area contributed by atoms with E-state index in [0.717, 1.165) is 50.4 Å². The monoisotopic (exact) mass is 705 g/mol. The van der Waals surface area contributed by atoms with E-state index in [1.807, 2.05) is 11.3 Å². The molecule has 8 aromatic carbocycles. The SMILES string of the molecule is c1ccc(-c2ccc3c(c2)c2cc(-c4cccc(-c5nc(-c6ccccc6)c6ccc7c8ccccc8sc7c6n5)c4)ccc2n3-c2ccccc2)cc1. The Morgan fingerprint density at radius 1 is 0.370 bits per heavy atom. The molecule has 0 aliphatic heterocycles. The zero-order valence-electron chi connectivity index (χ0n) is 29.1. The maximum absolute atomic E-state index is 5.35. The number of fused-ring (bicyclic) bond motifs is 8. The van der Waals surface area contributed by atoms with Crippen molar-refractivity contribution in [1.82, 2.24) is 14.5 Å². The average Bonchev–Trinajstić information content (AvgIpc) is 3.80. The summed E-state index contributed by atoms with van der Waals surface area (Å²) in [5, 5.41) is 6.01. The number of para-hydroxylation sites is 1. The second-order valence-corrected chi connectivity index (χ2v) is 14.8. The largest absolute Gasteiger partial charge is 0.309 e. The quantitative estimate of drug-likeness (QED) is 0.178. The lowest BCUT2D eigenvalue weighted by molar-refractivity contribution is 1.18. The Morgan fingerprint density at radius 2 is 0.944 bits per heavy atom. The first-order valence-corrected chi connectivity index (χ1v) is 19.1. The number of rotatable bonds is 5. The van der Waals surface area contributed by atoms with Crippen LogP contribution in [0.25, 0.3) is 103 Å². The van der Waals surface area contributed by atoms with E-state index < -0.39 is 0 Å². The number of thiophene rings is 1. The van der Waals surface area contributed by atoms with E-state index in [-0.39, 0.29) is 0 Å². The molecule has 252 valence electrons. The van der Waals surface area contributed by atoms with Crippen LogP contribution in [0, 0.1) is 0 Å². The molecular weight excluding hydrogens is 675 g/mol. The van der Waals surface area contributed by atoms with Gasteiger partial charge in [0.2, 0.25) is 0 Å². The molecule has 0 spiro atoms. The molecule has 0 atom stereocenters. The van der Waals surface area contributed by atoms with Gasteiger partial charge in [-0.3, -0.25) is 0 Å². The van der Waals surface area contributed by atoms with Crippen LogP contribution in [0.1, 0.15) is 0 Å². The third kappa shape index (κ3) is 4.96. The van der Waals surface area contributed by atoms with Gasteiger partial charge in [-0.2, -0.15) is 0 Å². The summed E-state index contributed by atoms with van der Waals surface area (Å²) < 4.78 is 4.84. The van der Waals surface area contributed by atoms with Gasteiger partial charge in [0.15, 0.2) is 5.82 Å². The fourth-order valence-corrected chi connectivity index (χ4v) is 9.22. The minimum atomic E-state index is 0.724. The van der Waals surface area contributed by atoms with Crippen molar-refractivity contribution in [2.24, 2.45) is 0 Å². The Kier molecular flexibility index (Phi) is 7.04. The number of nitrogens with zero attached hydrogens (tertiary/aromatic N) is 3. The van der Waals surface area contributed by atoms with Gasteiger partial charge < -0.3 is 4.57 Å². The molecule has 4 heteroatoms. The minimum absolute atomic E-state index is 0.724. The van der Waals surface area contributed by atoms with Crippen LogP contribution >= 0.6 is 11.3 Å². The normalized spacial score (nSPS) is 11.7. The minimum Gasteiger partial charge on any atom is -0.309 e. The summed E-state index contributed by atoms with van der Waals surface area (Å²) in [6.45, 7) is 0. The van der Waals surface area contributed by atoms with Gasteiger partial charge in [0.25, 0.3) is 0 Å². The van der Waals surface area contributed by atoms with E-state index in [9.17, 15) is 0 Å². The van der Waals surface area contributed by atoms with E-state index in [4.69, 9.17) is 9.97 Å². The Labute approximate surface area is 316 Å². The maximum atomic E-state index is 5.35. The van der Waals surface area contributed by atoms with Crippen molar-refractivity contribution in [2.75, 3.05) is 0 Å². The first-order valence-electron chi connectivity index (χ1n) is 18.2. The standard InChI is InChI=1S/C50H31N3S/c1-4-13-32(14-5-1)35-23-27-44-42(30-35)43-31-36(24-28-45(43)53(44)38-19-8-3-9-20-38)34-17-12-18-37(29-34)50-51-47(33-15-6-2-7-16-33)41-26-25-40-39-21-10-11-22-46(39)54-49(40)48(41)52-50/h1-31H. The summed E-state index contributed by atoms with van der Waals surface area (Å²) in [6.07, 6.45) is 0. The summed E-state index contributed by atoms with van der Waals surface area (Å²) in [6, 6.07) is 67.3. The van der Waals surface area contributed by atoms with E-state index >= 15 is 0 Å². The molecule has 0 fully saturated rings. The van der Waals surface area contributed by atoms with Crippen molar-refractivity contribution in [3.8, 4) is 50.6 Å². The van der Waals surface area contributed by atoms with Crippen molar-refractivity contribution in [2.45, 2.75) is 0 Å². The lowest BCUT2D eigenvalue weighted by Gasteiger charge is -2.11. The van der Waals surface area contributed by atoms with E-state index in [0.29, 0.717) is 0 Å². The zero-order chi connectivity index (χ0) is 35.6. The summed E-state index contributed by atoms with van der Waals surface area (Å²) >= 11 is 1.81. The fraction of sp³-hybridized carbons (Fsp3) is 0. The van der Waals surface area contributed by atoms with Crippen LogP contribution in [0.2, 0.25) is 0 Å². The number of benzene rings is 8. The highest BCUT2D eigenvalue weighted by atomic mass is 32.1. The molecule has 0 unspecified atom stereocenters. The third-order valence-electron chi connectivity index (χ3n) is 10.6. The van der Waals surface area contributed by atoms with Gasteiger partial charge in [-0.05, 0) is 76.9 Å². The number of aromatic nitrogens is 3. The highest BCUT2D eigenvalue weighted by Gasteiger charge is 2.18. The number of hydrogen-bond donors (Lipinski definition) is 0. The Morgan fingerprint density at radius 3 is 1.69 bits per heavy atom. The lowest BCUT2D eigenvalue weighted by atomic mass is 9.99. The van der Waals surface area contributed by atoms with Gasteiger partial charge >= 0.3 is 0 Å². The fourth-order valence-electron chi connectivity index (χ4n) is 8.03. The van der Waals surface area contributed by atoms with Crippen LogP contribution in [0.5, 0.6) is 0 Å². The molecule has 3 nitrogen and oxygen atoms in total. The van der Waals surface area contributed by atoms with Gasteiger partial charge in [0.1, 0.15) is 0 Å². The molecule has 0 bridgehead atoms. The first-order chi connectivity index (χ1) is 26.8. The zero-order valence-corrected chi connectivity index (χ0v) is 30.0. The molecule has 0 saturated heterocycles. The van der Waals surface area contributed by atoms with Crippen LogP contribution in [-0.4, -0.2) is 14.5 Å². The van der Waals surface area contributed by atoms with E-state index in [1.54, 1.807) is 0 Å². The first kappa shape index (κ1) is 30.7. The molecule has 0 saturated carbocycles. The van der Waals surface area contributed by atoms with Crippen molar-refractivity contribution in [1.29, 1.82) is 0 Å². The molecule has 0 aliphatic carbocycles. The van der Waals surface area contributed by atoms with Crippen molar-refractivity contribution in [3.05, 3.63) is 188 Å². The summed E-state index contributed by atoms with van der Waals surface area (Å²) in [4.78, 5) is 10.6. The molecule has 11 aromatic rings. The molecule has 0 radical (unpaired) electrons. The van der Waals surface area contributed by atoms with Gasteiger partial charge in [-0.15, -0.1) is 11.3 Å². The maximum Gasteiger partial charge on any atom is 0.160 e. The summed E-state index contributed by atoms with van der Waals surface area (Å²) in [7, 11) is 0. The molecule has 3 aromatic heterocycles. The molecule has 0 aliphatic rings. The smallest absolute Gasteiger partial charge is 0.160 e. The summed E-state index contributed by atoms with van der Waals surface area (Å²) in [5.74, 6) is 0.724. The van der Waals surface area contributed by atoms with Crippen LogP contribution in [-0.2, 0) is 0 Å². The second-order valence-electron chi connectivity index (χ2n) is 13.8. The Hall–Kier alpha value is -6.88. The molecule has 0 N–H and O–H groups in total. The second kappa shape index (κ2) is 12.4. The van der Waals surface area contributed by atoms with Crippen LogP contribution in [0.3, 0.4) is 0 Å².